The van der Waals surface area contributed by atoms with Crippen LogP contribution in [0, 0.1) is 5.82 Å². The minimum absolute atomic E-state index is 0.225. The van der Waals surface area contributed by atoms with Gasteiger partial charge in [0.05, 0.1) is 0 Å². The third kappa shape index (κ3) is 2.54. The van der Waals surface area contributed by atoms with Crippen molar-refractivity contribution in [2.24, 2.45) is 0 Å². The summed E-state index contributed by atoms with van der Waals surface area (Å²) in [5, 5.41) is 0. The summed E-state index contributed by atoms with van der Waals surface area (Å²) in [5.41, 5.74) is 8.30. The van der Waals surface area contributed by atoms with Crippen molar-refractivity contribution >= 4 is 5.69 Å². The number of aromatic nitrogens is 2. The Kier molecular flexibility index (Phi) is 3.21. The molecule has 0 spiro atoms. The van der Waals surface area contributed by atoms with E-state index >= 15 is 0 Å². The van der Waals surface area contributed by atoms with Gasteiger partial charge in [-0.25, -0.2) is 9.37 Å². The second-order valence-corrected chi connectivity index (χ2v) is 4.63. The van der Waals surface area contributed by atoms with Crippen LogP contribution < -0.4 is 5.73 Å². The molecule has 2 N–H and O–H groups in total. The van der Waals surface area contributed by atoms with Gasteiger partial charge in [-0.1, -0.05) is 12.1 Å². The molecule has 20 heavy (non-hydrogen) atoms. The first-order chi connectivity index (χ1) is 9.72. The summed E-state index contributed by atoms with van der Waals surface area (Å²) in [6.45, 7) is 0.581. The summed E-state index contributed by atoms with van der Waals surface area (Å²) in [7, 11) is 0. The van der Waals surface area contributed by atoms with E-state index in [1.807, 2.05) is 41.1 Å². The van der Waals surface area contributed by atoms with Crippen LogP contribution in [-0.2, 0) is 6.54 Å². The monoisotopic (exact) mass is 267 g/mol. The Labute approximate surface area is 116 Å². The average molecular weight is 267 g/mol. The lowest BCUT2D eigenvalue weighted by Gasteiger charge is -2.08. The van der Waals surface area contributed by atoms with Crippen molar-refractivity contribution in [3.05, 3.63) is 72.3 Å². The molecule has 0 radical (unpaired) electrons. The van der Waals surface area contributed by atoms with E-state index in [2.05, 4.69) is 4.98 Å². The fourth-order valence-electron chi connectivity index (χ4n) is 2.16. The molecule has 3 nitrogen and oxygen atoms in total. The first-order valence-electron chi connectivity index (χ1n) is 6.34. The predicted molar refractivity (Wildman–Crippen MR) is 77.6 cm³/mol. The van der Waals surface area contributed by atoms with Gasteiger partial charge in [0.1, 0.15) is 11.6 Å². The highest BCUT2D eigenvalue weighted by Crippen LogP contribution is 2.20. The van der Waals surface area contributed by atoms with Gasteiger partial charge in [0, 0.05) is 30.2 Å². The summed E-state index contributed by atoms with van der Waals surface area (Å²) in [4.78, 5) is 4.36. The number of imidazole rings is 1. The SMILES string of the molecule is Nc1ccc(-c2nccn2Cc2cccc(F)c2)cc1. The zero-order chi connectivity index (χ0) is 13.9. The quantitative estimate of drug-likeness (QED) is 0.740. The summed E-state index contributed by atoms with van der Waals surface area (Å²) in [5.74, 6) is 0.617. The first kappa shape index (κ1) is 12.4. The topological polar surface area (TPSA) is 43.8 Å². The van der Waals surface area contributed by atoms with E-state index < -0.39 is 0 Å². The van der Waals surface area contributed by atoms with Gasteiger partial charge in [-0.3, -0.25) is 0 Å². The van der Waals surface area contributed by atoms with Crippen LogP contribution in [0.3, 0.4) is 0 Å². The fourth-order valence-corrected chi connectivity index (χ4v) is 2.16. The van der Waals surface area contributed by atoms with Crippen molar-refractivity contribution in [1.29, 1.82) is 0 Å². The van der Waals surface area contributed by atoms with E-state index in [1.165, 1.54) is 12.1 Å². The lowest BCUT2D eigenvalue weighted by Crippen LogP contribution is -2.01. The summed E-state index contributed by atoms with van der Waals surface area (Å²) in [6, 6.07) is 14.1. The molecule has 0 saturated heterocycles. The number of benzene rings is 2. The highest BCUT2D eigenvalue weighted by Gasteiger charge is 2.06. The third-order valence-corrected chi connectivity index (χ3v) is 3.13. The highest BCUT2D eigenvalue weighted by atomic mass is 19.1. The molecular formula is C16H14FN3. The van der Waals surface area contributed by atoms with Gasteiger partial charge in [0.15, 0.2) is 0 Å². The van der Waals surface area contributed by atoms with Crippen molar-refractivity contribution < 1.29 is 4.39 Å². The Morgan fingerprint density at radius 1 is 1.10 bits per heavy atom. The van der Waals surface area contributed by atoms with Gasteiger partial charge in [-0.05, 0) is 42.0 Å². The smallest absolute Gasteiger partial charge is 0.140 e. The Hall–Kier alpha value is -2.62. The maximum atomic E-state index is 13.2. The van der Waals surface area contributed by atoms with Crippen LogP contribution in [0.25, 0.3) is 11.4 Å². The lowest BCUT2D eigenvalue weighted by molar-refractivity contribution is 0.623. The van der Waals surface area contributed by atoms with Crippen molar-refractivity contribution in [3.8, 4) is 11.4 Å². The Morgan fingerprint density at radius 3 is 2.65 bits per heavy atom. The second kappa shape index (κ2) is 5.17. The third-order valence-electron chi connectivity index (χ3n) is 3.13. The normalized spacial score (nSPS) is 10.7. The first-order valence-corrected chi connectivity index (χ1v) is 6.34. The number of nitrogen functional groups attached to an aromatic ring is 1. The minimum atomic E-state index is -0.225. The second-order valence-electron chi connectivity index (χ2n) is 4.63. The number of hydrogen-bond acceptors (Lipinski definition) is 2. The van der Waals surface area contributed by atoms with E-state index in [0.29, 0.717) is 6.54 Å². The molecule has 0 aliphatic carbocycles. The molecule has 0 amide bonds. The van der Waals surface area contributed by atoms with Crippen LogP contribution in [0.1, 0.15) is 5.56 Å². The van der Waals surface area contributed by atoms with Crippen LogP contribution in [0.4, 0.5) is 10.1 Å². The highest BCUT2D eigenvalue weighted by molar-refractivity contribution is 5.59. The van der Waals surface area contributed by atoms with Gasteiger partial charge in [-0.2, -0.15) is 0 Å². The molecule has 1 aromatic heterocycles. The minimum Gasteiger partial charge on any atom is -0.399 e. The van der Waals surface area contributed by atoms with Crippen LogP contribution in [-0.4, -0.2) is 9.55 Å². The molecule has 0 aliphatic rings. The number of nitrogens with two attached hydrogens (primary N) is 1. The van der Waals surface area contributed by atoms with E-state index in [0.717, 1.165) is 22.6 Å². The molecule has 0 aliphatic heterocycles. The van der Waals surface area contributed by atoms with Crippen LogP contribution in [0.2, 0.25) is 0 Å². The molecule has 0 fully saturated rings. The number of anilines is 1. The van der Waals surface area contributed by atoms with Gasteiger partial charge in [0.2, 0.25) is 0 Å². The van der Waals surface area contributed by atoms with Gasteiger partial charge >= 0.3 is 0 Å². The molecule has 3 aromatic rings. The molecule has 0 saturated carbocycles. The van der Waals surface area contributed by atoms with Crippen LogP contribution >= 0.6 is 0 Å². The molecular weight excluding hydrogens is 253 g/mol. The van der Waals surface area contributed by atoms with Crippen molar-refractivity contribution in [2.75, 3.05) is 5.73 Å². The van der Waals surface area contributed by atoms with Crippen LogP contribution in [0.5, 0.6) is 0 Å². The van der Waals surface area contributed by atoms with Crippen LogP contribution in [0.15, 0.2) is 60.9 Å². The van der Waals surface area contributed by atoms with E-state index in [-0.39, 0.29) is 5.82 Å². The van der Waals surface area contributed by atoms with Gasteiger partial charge in [-0.15, -0.1) is 0 Å². The Balaban J connectivity index is 1.92. The maximum Gasteiger partial charge on any atom is 0.140 e. The summed E-state index contributed by atoms with van der Waals surface area (Å²) in [6.07, 6.45) is 3.63. The Bertz CT molecular complexity index is 717. The number of rotatable bonds is 3. The molecule has 0 bridgehead atoms. The molecule has 2 aromatic carbocycles. The zero-order valence-corrected chi connectivity index (χ0v) is 10.8. The largest absolute Gasteiger partial charge is 0.399 e. The maximum absolute atomic E-state index is 13.2. The zero-order valence-electron chi connectivity index (χ0n) is 10.8. The van der Waals surface area contributed by atoms with Gasteiger partial charge in [0.25, 0.3) is 0 Å². The lowest BCUT2D eigenvalue weighted by atomic mass is 10.2. The van der Waals surface area contributed by atoms with Crippen molar-refractivity contribution in [2.45, 2.75) is 6.54 Å². The average Bonchev–Trinajstić information content (AvgIpc) is 2.88. The number of hydrogen-bond donors (Lipinski definition) is 1. The molecule has 0 atom stereocenters. The fraction of sp³-hybridized carbons (Fsp3) is 0.0625. The van der Waals surface area contributed by atoms with Crippen molar-refractivity contribution in [1.82, 2.24) is 9.55 Å². The van der Waals surface area contributed by atoms with E-state index in [4.69, 9.17) is 5.73 Å². The molecule has 100 valence electrons. The molecule has 4 heteroatoms. The molecule has 0 unspecified atom stereocenters. The number of nitrogens with zero attached hydrogens (tertiary/aromatic N) is 2. The molecule has 3 rings (SSSR count). The summed E-state index contributed by atoms with van der Waals surface area (Å²) >= 11 is 0. The molecule has 1 heterocycles. The van der Waals surface area contributed by atoms with Gasteiger partial charge < -0.3 is 10.3 Å². The predicted octanol–water partition coefficient (Wildman–Crippen LogP) is 3.32. The van der Waals surface area contributed by atoms with E-state index in [9.17, 15) is 4.39 Å². The Morgan fingerprint density at radius 2 is 1.90 bits per heavy atom. The summed E-state index contributed by atoms with van der Waals surface area (Å²) < 4.78 is 15.2. The number of halogens is 1. The van der Waals surface area contributed by atoms with Crippen molar-refractivity contribution in [3.63, 3.8) is 0 Å². The standard InChI is InChI=1S/C16H14FN3/c17-14-3-1-2-12(10-14)11-20-9-8-19-16(20)13-4-6-15(18)7-5-13/h1-10H,11,18H2. The van der Waals surface area contributed by atoms with E-state index in [1.54, 1.807) is 12.3 Å².